The molecule has 4 aromatic carbocycles. The Morgan fingerprint density at radius 2 is 1.65 bits per heavy atom. The SMILES string of the molecule is Cc1ccc(OCCCN2C(C(C(=O)Nc3ccccc3Cl)N3C(=O)c4ccc(C(=O)O)cc4C3=O)=Nc3ccccc3S2(=O)=O)c(C)c1. The molecule has 3 amide bonds. The number of carbonyl (C=O) groups is 4. The Hall–Kier alpha value is -5.53. The lowest BCUT2D eigenvalue weighted by atomic mass is 10.1. The second kappa shape index (κ2) is 13.2. The van der Waals surface area contributed by atoms with Crippen molar-refractivity contribution in [3.8, 4) is 5.75 Å². The van der Waals surface area contributed by atoms with Crippen LogP contribution >= 0.6 is 11.6 Å². The van der Waals surface area contributed by atoms with Gasteiger partial charge in [-0.25, -0.2) is 18.2 Å². The van der Waals surface area contributed by atoms with Crippen LogP contribution < -0.4 is 10.1 Å². The number of rotatable bonds is 10. The second-order valence-corrected chi connectivity index (χ2v) is 13.6. The molecule has 0 radical (unpaired) electrons. The first-order valence-corrected chi connectivity index (χ1v) is 16.9. The Bertz CT molecular complexity index is 2190. The number of sulfonamides is 1. The van der Waals surface area contributed by atoms with Gasteiger partial charge in [0.25, 0.3) is 27.7 Å². The normalized spacial score (nSPS) is 15.3. The Kier molecular flexibility index (Phi) is 8.97. The average molecular weight is 701 g/mol. The highest BCUT2D eigenvalue weighted by molar-refractivity contribution is 7.90. The van der Waals surface area contributed by atoms with Gasteiger partial charge >= 0.3 is 5.97 Å². The van der Waals surface area contributed by atoms with Crippen molar-refractivity contribution in [3.05, 3.63) is 118 Å². The Labute approximate surface area is 286 Å². The zero-order valence-electron chi connectivity index (χ0n) is 26.2. The zero-order chi connectivity index (χ0) is 35.0. The molecule has 0 aromatic heterocycles. The van der Waals surface area contributed by atoms with Crippen LogP contribution in [0.4, 0.5) is 11.4 Å². The van der Waals surface area contributed by atoms with E-state index in [0.717, 1.165) is 27.6 Å². The topological polar surface area (TPSA) is 163 Å². The number of fused-ring (bicyclic) bond motifs is 2. The molecule has 0 saturated heterocycles. The first-order chi connectivity index (χ1) is 23.4. The van der Waals surface area contributed by atoms with Crippen molar-refractivity contribution in [3.63, 3.8) is 0 Å². The van der Waals surface area contributed by atoms with Crippen LogP contribution in [0.25, 0.3) is 0 Å². The number of carboxylic acid groups (broad SMARTS) is 1. The average Bonchev–Trinajstić information content (AvgIpc) is 3.31. The Morgan fingerprint density at radius 3 is 2.39 bits per heavy atom. The number of anilines is 1. The largest absolute Gasteiger partial charge is 0.493 e. The maximum absolute atomic E-state index is 14.3. The number of para-hydroxylation sites is 2. The van der Waals surface area contributed by atoms with E-state index in [0.29, 0.717) is 10.6 Å². The molecule has 0 saturated carbocycles. The van der Waals surface area contributed by atoms with Crippen molar-refractivity contribution in [2.45, 2.75) is 31.2 Å². The summed E-state index contributed by atoms with van der Waals surface area (Å²) in [5.41, 5.74) is 1.42. The van der Waals surface area contributed by atoms with Crippen molar-refractivity contribution in [2.24, 2.45) is 4.99 Å². The minimum Gasteiger partial charge on any atom is -0.493 e. The minimum atomic E-state index is -4.39. The van der Waals surface area contributed by atoms with Gasteiger partial charge in [0.15, 0.2) is 11.9 Å². The predicted molar refractivity (Wildman–Crippen MR) is 181 cm³/mol. The molecule has 1 unspecified atom stereocenters. The van der Waals surface area contributed by atoms with Crippen LogP contribution in [-0.2, 0) is 14.8 Å². The standard InChI is InChI=1S/C35H29ClN4O8S/c1-20-12-15-28(21(2)18-20)48-17-7-16-39-31(37-27-10-5-6-11-29(27)49(39,46)47)30(32(41)38-26-9-4-3-8-25(26)36)40-33(42)23-14-13-22(35(44)45)19-24(23)34(40)43/h3-6,8-15,18-19,30H,7,16-17H2,1-2H3,(H,38,41)(H,44,45). The molecule has 12 nitrogen and oxygen atoms in total. The molecule has 250 valence electrons. The van der Waals surface area contributed by atoms with E-state index in [1.807, 2.05) is 32.0 Å². The van der Waals surface area contributed by atoms with Crippen molar-refractivity contribution in [1.82, 2.24) is 9.21 Å². The van der Waals surface area contributed by atoms with Gasteiger partial charge in [-0.3, -0.25) is 23.6 Å². The van der Waals surface area contributed by atoms with E-state index in [1.165, 1.54) is 36.4 Å². The number of aromatic carboxylic acids is 1. The van der Waals surface area contributed by atoms with Gasteiger partial charge in [0.05, 0.1) is 39.7 Å². The third-order valence-corrected chi connectivity index (χ3v) is 10.2. The van der Waals surface area contributed by atoms with Crippen molar-refractivity contribution in [2.75, 3.05) is 18.5 Å². The van der Waals surface area contributed by atoms with E-state index >= 15 is 0 Å². The molecule has 0 fully saturated rings. The van der Waals surface area contributed by atoms with Crippen LogP contribution in [-0.4, -0.2) is 71.4 Å². The van der Waals surface area contributed by atoms with Crippen molar-refractivity contribution < 1.29 is 37.4 Å². The molecule has 1 atom stereocenters. The van der Waals surface area contributed by atoms with Crippen molar-refractivity contribution in [1.29, 1.82) is 0 Å². The molecule has 14 heteroatoms. The third kappa shape index (κ3) is 6.25. The number of hydrogen-bond acceptors (Lipinski definition) is 8. The number of aliphatic imine (C=N–C) groups is 1. The summed E-state index contributed by atoms with van der Waals surface area (Å²) < 4.78 is 35.3. The molecule has 2 aliphatic heterocycles. The molecule has 6 rings (SSSR count). The number of ether oxygens (including phenoxy) is 1. The predicted octanol–water partition coefficient (Wildman–Crippen LogP) is 5.46. The van der Waals surface area contributed by atoms with Gasteiger partial charge in [0, 0.05) is 13.0 Å². The number of nitrogens with zero attached hydrogens (tertiary/aromatic N) is 3. The maximum atomic E-state index is 14.3. The number of amidine groups is 1. The monoisotopic (exact) mass is 700 g/mol. The molecule has 0 aliphatic carbocycles. The molecule has 0 spiro atoms. The molecule has 49 heavy (non-hydrogen) atoms. The van der Waals surface area contributed by atoms with Gasteiger partial charge in [-0.15, -0.1) is 0 Å². The van der Waals surface area contributed by atoms with E-state index in [2.05, 4.69) is 10.3 Å². The Morgan fingerprint density at radius 1 is 0.939 bits per heavy atom. The van der Waals surface area contributed by atoms with Crippen molar-refractivity contribution >= 4 is 62.5 Å². The fourth-order valence-electron chi connectivity index (χ4n) is 5.71. The lowest BCUT2D eigenvalue weighted by molar-refractivity contribution is -0.118. The van der Waals surface area contributed by atoms with Gasteiger partial charge in [-0.05, 0) is 67.9 Å². The molecule has 4 aromatic rings. The quantitative estimate of drug-likeness (QED) is 0.163. The number of carbonyl (C=O) groups excluding carboxylic acids is 3. The molecule has 2 aliphatic rings. The summed E-state index contributed by atoms with van der Waals surface area (Å²) in [6.45, 7) is 3.70. The van der Waals surface area contributed by atoms with Gasteiger partial charge in [0.1, 0.15) is 10.6 Å². The van der Waals surface area contributed by atoms with E-state index < -0.39 is 45.6 Å². The van der Waals surface area contributed by atoms with Crippen LogP contribution in [0.1, 0.15) is 48.6 Å². The molecule has 0 bridgehead atoms. The number of imide groups is 1. The Balaban J connectivity index is 1.43. The van der Waals surface area contributed by atoms with Crippen LogP contribution in [0.2, 0.25) is 5.02 Å². The second-order valence-electron chi connectivity index (χ2n) is 11.4. The summed E-state index contributed by atoms with van der Waals surface area (Å²) in [5.74, 6) is -4.04. The number of aryl methyl sites for hydroxylation is 2. The number of halogens is 1. The lowest BCUT2D eigenvalue weighted by Gasteiger charge is -2.36. The van der Waals surface area contributed by atoms with Gasteiger partial charge in [-0.2, -0.15) is 0 Å². The molecule has 2 heterocycles. The number of benzene rings is 4. The number of hydrogen-bond donors (Lipinski definition) is 2. The van der Waals surface area contributed by atoms with Crippen LogP contribution in [0.5, 0.6) is 5.75 Å². The lowest BCUT2D eigenvalue weighted by Crippen LogP contribution is -2.58. The number of amides is 3. The fraction of sp³-hybridized carbons (Fsp3) is 0.171. The number of nitrogens with one attached hydrogen (secondary N) is 1. The first kappa shape index (κ1) is 33.4. The minimum absolute atomic E-state index is 0.000552. The van der Waals surface area contributed by atoms with Gasteiger partial charge < -0.3 is 15.2 Å². The fourth-order valence-corrected chi connectivity index (χ4v) is 7.52. The highest BCUT2D eigenvalue weighted by atomic mass is 35.5. The van der Waals surface area contributed by atoms with Crippen LogP contribution in [0, 0.1) is 13.8 Å². The van der Waals surface area contributed by atoms with Crippen LogP contribution in [0.15, 0.2) is 94.8 Å². The summed E-state index contributed by atoms with van der Waals surface area (Å²) >= 11 is 6.32. The molecular formula is C35H29ClN4O8S. The summed E-state index contributed by atoms with van der Waals surface area (Å²) in [5, 5.41) is 12.3. The summed E-state index contributed by atoms with van der Waals surface area (Å²) in [6, 6.07) is 19.3. The summed E-state index contributed by atoms with van der Waals surface area (Å²) in [4.78, 5) is 58.8. The first-order valence-electron chi connectivity index (χ1n) is 15.1. The third-order valence-electron chi connectivity index (χ3n) is 8.07. The number of carboxylic acids is 1. The highest BCUT2D eigenvalue weighted by Gasteiger charge is 2.50. The summed E-state index contributed by atoms with van der Waals surface area (Å²) in [7, 11) is -4.39. The van der Waals surface area contributed by atoms with Crippen LogP contribution in [0.3, 0.4) is 0 Å². The van der Waals surface area contributed by atoms with Gasteiger partial charge in [0.2, 0.25) is 0 Å². The van der Waals surface area contributed by atoms with E-state index in [4.69, 9.17) is 16.3 Å². The van der Waals surface area contributed by atoms with E-state index in [1.54, 1.807) is 18.2 Å². The zero-order valence-corrected chi connectivity index (χ0v) is 27.8. The molecule has 2 N–H and O–H groups in total. The summed E-state index contributed by atoms with van der Waals surface area (Å²) in [6.07, 6.45) is 0.136. The van der Waals surface area contributed by atoms with Gasteiger partial charge in [-0.1, -0.05) is 53.6 Å². The molecular weight excluding hydrogens is 672 g/mol. The smallest absolute Gasteiger partial charge is 0.335 e. The highest BCUT2D eigenvalue weighted by Crippen LogP contribution is 2.36. The van der Waals surface area contributed by atoms with E-state index in [-0.39, 0.29) is 57.6 Å². The maximum Gasteiger partial charge on any atom is 0.335 e. The van der Waals surface area contributed by atoms with E-state index in [9.17, 15) is 32.7 Å².